The van der Waals surface area contributed by atoms with Gasteiger partial charge in [0.1, 0.15) is 11.5 Å². The predicted octanol–water partition coefficient (Wildman–Crippen LogP) is 3.34. The number of aromatic hydroxyl groups is 2. The van der Waals surface area contributed by atoms with Gasteiger partial charge < -0.3 is 29.5 Å². The lowest BCUT2D eigenvalue weighted by Crippen LogP contribution is -2.53. The van der Waals surface area contributed by atoms with Gasteiger partial charge in [-0.1, -0.05) is 20.8 Å². The molecule has 0 radical (unpaired) electrons. The number of carboxylic acid groups (broad SMARTS) is 1. The molecule has 178 valence electrons. The van der Waals surface area contributed by atoms with Gasteiger partial charge in [0.05, 0.1) is 17.1 Å². The van der Waals surface area contributed by atoms with Crippen LogP contribution in [-0.4, -0.2) is 45.8 Å². The maximum Gasteiger partial charge on any atom is 0.335 e. The molecule has 0 spiro atoms. The van der Waals surface area contributed by atoms with Gasteiger partial charge in [-0.05, 0) is 36.8 Å². The molecule has 5 atom stereocenters. The Hall–Kier alpha value is -3.33. The molecule has 1 aliphatic rings. The van der Waals surface area contributed by atoms with Gasteiger partial charge >= 0.3 is 11.9 Å². The Kier molecular flexibility index (Phi) is 6.83. The second-order valence-corrected chi connectivity index (χ2v) is 8.44. The molecule has 1 heterocycles. The number of hydrogen-bond donors (Lipinski definition) is 3. The zero-order valence-corrected chi connectivity index (χ0v) is 19.1. The van der Waals surface area contributed by atoms with Crippen molar-refractivity contribution >= 4 is 22.7 Å². The van der Waals surface area contributed by atoms with Crippen LogP contribution in [-0.2, 0) is 14.3 Å². The monoisotopic (exact) mass is 460 g/mol. The third kappa shape index (κ3) is 4.59. The van der Waals surface area contributed by atoms with E-state index in [1.54, 1.807) is 0 Å². The molecule has 0 saturated carbocycles. The topological polar surface area (TPSA) is 140 Å². The van der Waals surface area contributed by atoms with E-state index in [0.717, 1.165) is 12.1 Å². The summed E-state index contributed by atoms with van der Waals surface area (Å²) in [5.74, 6) is -2.93. The fraction of sp³-hybridized carbons (Fsp3) is 0.458. The SMILES string of the molecule is CC[C@H]1O[C@@H](Oc2cc3cc(C(=O)O)cc(=O)c(O)c3c(O)c2C)[C@H](OC(C)=O)[C@@H](C)[C@@H]1C. The van der Waals surface area contributed by atoms with E-state index in [0.29, 0.717) is 6.42 Å². The molecule has 2 aromatic rings. The van der Waals surface area contributed by atoms with Crippen LogP contribution < -0.4 is 10.2 Å². The van der Waals surface area contributed by atoms with E-state index >= 15 is 0 Å². The highest BCUT2D eigenvalue weighted by Crippen LogP contribution is 2.41. The summed E-state index contributed by atoms with van der Waals surface area (Å²) >= 11 is 0. The first-order valence-electron chi connectivity index (χ1n) is 10.7. The van der Waals surface area contributed by atoms with Gasteiger partial charge in [0, 0.05) is 24.5 Å². The summed E-state index contributed by atoms with van der Waals surface area (Å²) in [7, 11) is 0. The number of rotatable bonds is 5. The molecule has 0 amide bonds. The van der Waals surface area contributed by atoms with Crippen molar-refractivity contribution in [2.24, 2.45) is 11.8 Å². The molecule has 0 bridgehead atoms. The highest BCUT2D eigenvalue weighted by Gasteiger charge is 2.44. The minimum Gasteiger partial charge on any atom is -0.507 e. The Bertz CT molecular complexity index is 1160. The van der Waals surface area contributed by atoms with Crippen molar-refractivity contribution in [1.82, 2.24) is 0 Å². The van der Waals surface area contributed by atoms with Gasteiger partial charge in [-0.15, -0.1) is 0 Å². The van der Waals surface area contributed by atoms with E-state index in [4.69, 9.17) is 14.2 Å². The number of aromatic carboxylic acids is 1. The van der Waals surface area contributed by atoms with E-state index in [1.807, 2.05) is 20.8 Å². The Labute approximate surface area is 190 Å². The van der Waals surface area contributed by atoms with E-state index in [2.05, 4.69) is 0 Å². The summed E-state index contributed by atoms with van der Waals surface area (Å²) in [6.45, 7) is 8.74. The summed E-state index contributed by atoms with van der Waals surface area (Å²) in [5.41, 5.74) is -1.10. The molecule has 0 aromatic heterocycles. The maximum atomic E-state index is 12.2. The number of ether oxygens (including phenoxy) is 3. The molecule has 9 nitrogen and oxygen atoms in total. The van der Waals surface area contributed by atoms with Crippen LogP contribution in [0.15, 0.2) is 23.0 Å². The molecule has 1 aliphatic heterocycles. The Morgan fingerprint density at radius 1 is 1.09 bits per heavy atom. The van der Waals surface area contributed by atoms with Crippen LogP contribution in [0, 0.1) is 18.8 Å². The van der Waals surface area contributed by atoms with Gasteiger partial charge in [-0.3, -0.25) is 9.59 Å². The van der Waals surface area contributed by atoms with Crippen molar-refractivity contribution in [1.29, 1.82) is 0 Å². The third-order valence-corrected chi connectivity index (χ3v) is 6.31. The first-order valence-corrected chi connectivity index (χ1v) is 10.7. The van der Waals surface area contributed by atoms with Gasteiger partial charge in [-0.25, -0.2) is 4.79 Å². The number of carboxylic acids is 1. The zero-order valence-electron chi connectivity index (χ0n) is 19.1. The normalized spacial score (nSPS) is 24.9. The molecule has 3 rings (SSSR count). The number of esters is 1. The molecular weight excluding hydrogens is 432 g/mol. The van der Waals surface area contributed by atoms with Crippen molar-refractivity contribution in [2.75, 3.05) is 0 Å². The summed E-state index contributed by atoms with van der Waals surface area (Å²) in [6, 6.07) is 3.35. The lowest BCUT2D eigenvalue weighted by molar-refractivity contribution is -0.247. The number of phenolic OH excluding ortho intramolecular Hbond substituents is 1. The molecule has 3 N–H and O–H groups in total. The first kappa shape index (κ1) is 24.3. The highest BCUT2D eigenvalue weighted by atomic mass is 16.7. The number of fused-ring (bicyclic) bond motifs is 1. The zero-order chi connectivity index (χ0) is 24.6. The van der Waals surface area contributed by atoms with E-state index < -0.39 is 41.3 Å². The molecule has 9 heteroatoms. The molecule has 0 unspecified atom stereocenters. The van der Waals surface area contributed by atoms with Gasteiger partial charge in [0.25, 0.3) is 0 Å². The van der Waals surface area contributed by atoms with E-state index in [9.17, 15) is 29.7 Å². The summed E-state index contributed by atoms with van der Waals surface area (Å²) in [5, 5.41) is 30.4. The lowest BCUT2D eigenvalue weighted by Gasteiger charge is -2.43. The van der Waals surface area contributed by atoms with Gasteiger partial charge in [0.15, 0.2) is 11.9 Å². The number of hydrogen-bond acceptors (Lipinski definition) is 8. The minimum absolute atomic E-state index is 0.0819. The second-order valence-electron chi connectivity index (χ2n) is 8.44. The van der Waals surface area contributed by atoms with Crippen molar-refractivity contribution < 1.29 is 39.1 Å². The largest absolute Gasteiger partial charge is 0.507 e. The van der Waals surface area contributed by atoms with Gasteiger partial charge in [-0.2, -0.15) is 0 Å². The van der Waals surface area contributed by atoms with Crippen LogP contribution in [0.2, 0.25) is 0 Å². The standard InChI is InChI=1S/C24H28O9/c1-6-17-10(2)11(3)22(31-13(5)25)24(32-17)33-18-9-14-7-15(23(29)30)8-16(26)21(28)19(14)20(27)12(18)4/h7-11,17,22,24,27H,6H2,1-5H3,(H,26,28)(H,29,30)/t10-,11-,17+,22+,24-/m0/s1. The Morgan fingerprint density at radius 3 is 2.33 bits per heavy atom. The van der Waals surface area contributed by atoms with Crippen molar-refractivity contribution in [2.45, 2.75) is 59.5 Å². The average molecular weight is 460 g/mol. The van der Waals surface area contributed by atoms with Crippen LogP contribution >= 0.6 is 0 Å². The number of carbonyl (C=O) groups excluding carboxylic acids is 1. The van der Waals surface area contributed by atoms with Crippen LogP contribution in [0.3, 0.4) is 0 Å². The fourth-order valence-corrected chi connectivity index (χ4v) is 4.21. The lowest BCUT2D eigenvalue weighted by atomic mass is 9.82. The minimum atomic E-state index is -1.37. The molecule has 0 aliphatic carbocycles. The number of benzene rings is 1. The molecule has 33 heavy (non-hydrogen) atoms. The summed E-state index contributed by atoms with van der Waals surface area (Å²) in [4.78, 5) is 35.4. The third-order valence-electron chi connectivity index (χ3n) is 6.31. The smallest absolute Gasteiger partial charge is 0.335 e. The molecular formula is C24H28O9. The molecule has 1 saturated heterocycles. The number of phenols is 1. The fourth-order valence-electron chi connectivity index (χ4n) is 4.21. The molecule has 1 fully saturated rings. The van der Waals surface area contributed by atoms with Gasteiger partial charge in [0.2, 0.25) is 11.7 Å². The quantitative estimate of drug-likeness (QED) is 0.573. The van der Waals surface area contributed by atoms with Crippen LogP contribution in [0.4, 0.5) is 0 Å². The predicted molar refractivity (Wildman–Crippen MR) is 119 cm³/mol. The van der Waals surface area contributed by atoms with Crippen LogP contribution in [0.5, 0.6) is 17.2 Å². The Balaban J connectivity index is 2.15. The van der Waals surface area contributed by atoms with Crippen LogP contribution in [0.25, 0.3) is 10.8 Å². The first-order chi connectivity index (χ1) is 15.5. The average Bonchev–Trinajstić information content (AvgIpc) is 2.87. The second kappa shape index (κ2) is 9.27. The van der Waals surface area contributed by atoms with Crippen LogP contribution in [0.1, 0.15) is 50.0 Å². The molecule has 2 aromatic carbocycles. The van der Waals surface area contributed by atoms with Crippen molar-refractivity contribution in [3.63, 3.8) is 0 Å². The van der Waals surface area contributed by atoms with Crippen molar-refractivity contribution in [3.8, 4) is 17.2 Å². The Morgan fingerprint density at radius 2 is 1.76 bits per heavy atom. The van der Waals surface area contributed by atoms with E-state index in [-0.39, 0.29) is 45.6 Å². The highest BCUT2D eigenvalue weighted by molar-refractivity contribution is 5.99. The number of carbonyl (C=O) groups is 2. The maximum absolute atomic E-state index is 12.2. The van der Waals surface area contributed by atoms with Crippen molar-refractivity contribution in [3.05, 3.63) is 39.5 Å². The van der Waals surface area contributed by atoms with E-state index in [1.165, 1.54) is 19.9 Å². The summed E-state index contributed by atoms with van der Waals surface area (Å²) in [6.07, 6.45) is -1.16. The summed E-state index contributed by atoms with van der Waals surface area (Å²) < 4.78 is 17.7.